The van der Waals surface area contributed by atoms with Gasteiger partial charge in [-0.3, -0.25) is 0 Å². The van der Waals surface area contributed by atoms with Crippen molar-refractivity contribution < 1.29 is 25.8 Å². The number of nitrogens with zero attached hydrogens (tertiary/aromatic N) is 4. The predicted molar refractivity (Wildman–Crippen MR) is 217 cm³/mol. The van der Waals surface area contributed by atoms with E-state index in [1.807, 2.05) is 36.5 Å². The Morgan fingerprint density at radius 2 is 1.33 bits per heavy atom. The van der Waals surface area contributed by atoms with Crippen LogP contribution in [-0.4, -0.2) is 9.55 Å². The van der Waals surface area contributed by atoms with Crippen molar-refractivity contribution in [2.75, 3.05) is 9.80 Å². The van der Waals surface area contributed by atoms with Crippen molar-refractivity contribution in [2.45, 2.75) is 26.2 Å². The van der Waals surface area contributed by atoms with Crippen molar-refractivity contribution in [1.82, 2.24) is 9.55 Å². The van der Waals surface area contributed by atoms with Crippen LogP contribution in [0.4, 0.5) is 11.4 Å². The molecule has 54 heavy (non-hydrogen) atoms. The van der Waals surface area contributed by atoms with Gasteiger partial charge in [0.15, 0.2) is 0 Å². The molecule has 1 aliphatic heterocycles. The zero-order valence-corrected chi connectivity index (χ0v) is 32.5. The van der Waals surface area contributed by atoms with E-state index in [2.05, 4.69) is 182 Å². The molecule has 2 aromatic heterocycles. The number of aromatic nitrogens is 2. The number of hydrogen-bond donors (Lipinski definition) is 0. The molecule has 1 aliphatic rings. The fourth-order valence-electron chi connectivity index (χ4n) is 7.00. The molecule has 0 N–H and O–H groups in total. The van der Waals surface area contributed by atoms with Crippen molar-refractivity contribution in [2.24, 2.45) is 0 Å². The topological polar surface area (TPSA) is 33.5 Å². The zero-order chi connectivity index (χ0) is 35.9. The smallest absolute Gasteiger partial charge is 0.135 e. The molecule has 6 heteroatoms. The quantitative estimate of drug-likeness (QED) is 0.149. The number of anilines is 2. The van der Waals surface area contributed by atoms with E-state index in [9.17, 15) is 0 Å². The van der Waals surface area contributed by atoms with Crippen LogP contribution < -0.4 is 14.5 Å². The van der Waals surface area contributed by atoms with Crippen molar-refractivity contribution in [3.63, 3.8) is 0 Å². The molecule has 0 saturated heterocycles. The molecule has 0 spiro atoms. The first-order valence-corrected chi connectivity index (χ1v) is 17.9. The van der Waals surface area contributed by atoms with Gasteiger partial charge < -0.3 is 19.1 Å². The summed E-state index contributed by atoms with van der Waals surface area (Å²) in [5, 5.41) is 2.24. The molecule has 0 radical (unpaired) electrons. The first kappa shape index (κ1) is 35.1. The molecule has 0 bridgehead atoms. The Morgan fingerprint density at radius 1 is 0.611 bits per heavy atom. The van der Waals surface area contributed by atoms with Gasteiger partial charge in [-0.15, -0.1) is 48.1 Å². The van der Waals surface area contributed by atoms with E-state index in [0.29, 0.717) is 11.5 Å². The minimum atomic E-state index is -0.00927. The van der Waals surface area contributed by atoms with Gasteiger partial charge in [0.2, 0.25) is 0 Å². The van der Waals surface area contributed by atoms with Crippen molar-refractivity contribution >= 4 is 33.2 Å². The third kappa shape index (κ3) is 6.72. The predicted octanol–water partition coefficient (Wildman–Crippen LogP) is 12.1. The molecule has 0 saturated carbocycles. The summed E-state index contributed by atoms with van der Waals surface area (Å²) in [6.07, 6.45) is 6.03. The normalized spacial score (nSPS) is 12.7. The van der Waals surface area contributed by atoms with Crippen molar-refractivity contribution in [3.05, 3.63) is 189 Å². The number of rotatable bonds is 7. The summed E-state index contributed by atoms with van der Waals surface area (Å²) >= 11 is 0. The Bertz CT molecular complexity index is 2620. The summed E-state index contributed by atoms with van der Waals surface area (Å²) in [4.78, 5) is 9.04. The van der Waals surface area contributed by atoms with Crippen LogP contribution in [0, 0.1) is 18.8 Å². The summed E-state index contributed by atoms with van der Waals surface area (Å²) in [5.74, 6) is 2.07. The molecular formula is C48H37N4OPt-3. The second kappa shape index (κ2) is 14.5. The van der Waals surface area contributed by atoms with Gasteiger partial charge in [0.05, 0.1) is 0 Å². The van der Waals surface area contributed by atoms with Crippen LogP contribution in [-0.2, 0) is 26.5 Å². The number of hydrogen-bond acceptors (Lipinski definition) is 4. The standard InChI is InChI=1S/C48H37N4O.Pt/c1-48(2,3)37-25-26-49-47(30-37)52-44-20-11-10-19-42(44)43-24-22-40(32-46(43)52)53-39-18-12-17-38(31-39)50-27-28-51(33-50)45-29-36(34-13-6-4-7-14-34)21-23-41(45)35-15-8-5-9-16-35;/h4-30,33H,1-3H3;/q-3;. The molecule has 268 valence electrons. The Kier molecular flexibility index (Phi) is 9.43. The van der Waals surface area contributed by atoms with Crippen LogP contribution in [0.3, 0.4) is 0 Å². The molecular weight excluding hydrogens is 844 g/mol. The number of fused-ring (bicyclic) bond motifs is 3. The summed E-state index contributed by atoms with van der Waals surface area (Å²) in [5.41, 5.74) is 9.80. The van der Waals surface area contributed by atoms with E-state index in [-0.39, 0.29) is 26.5 Å². The van der Waals surface area contributed by atoms with E-state index in [0.717, 1.165) is 55.7 Å². The minimum absolute atomic E-state index is 0. The maximum absolute atomic E-state index is 6.48. The molecule has 0 atom stereocenters. The average molecular weight is 881 g/mol. The van der Waals surface area contributed by atoms with Crippen LogP contribution in [0.15, 0.2) is 164 Å². The summed E-state index contributed by atoms with van der Waals surface area (Å²) in [6, 6.07) is 57.5. The Balaban J connectivity index is 0.00000413. The number of ether oxygens (including phenoxy) is 1. The molecule has 3 heterocycles. The molecule has 0 amide bonds. The Hall–Kier alpha value is -5.90. The average Bonchev–Trinajstić information content (AvgIpc) is 3.82. The number of pyridine rings is 1. The van der Waals surface area contributed by atoms with Crippen molar-refractivity contribution in [3.8, 4) is 39.6 Å². The van der Waals surface area contributed by atoms with E-state index in [1.165, 1.54) is 11.1 Å². The molecule has 5 nitrogen and oxygen atoms in total. The van der Waals surface area contributed by atoms with E-state index >= 15 is 0 Å². The monoisotopic (exact) mass is 880 g/mol. The molecule has 0 unspecified atom stereocenters. The van der Waals surface area contributed by atoms with Gasteiger partial charge in [0, 0.05) is 55.5 Å². The molecule has 6 aromatic carbocycles. The van der Waals surface area contributed by atoms with Crippen LogP contribution in [0.5, 0.6) is 11.5 Å². The van der Waals surface area contributed by atoms with E-state index in [1.54, 1.807) is 0 Å². The second-order valence-corrected chi connectivity index (χ2v) is 14.3. The summed E-state index contributed by atoms with van der Waals surface area (Å²) in [6.45, 7) is 8.75. The SMILES string of the molecule is CC(C)(C)c1ccnc(-n2c3[c-]c(Oc4[c-]c(N5C=CN(c6cc(-c7ccccc7)ccc6-c6ccccc6)[CH-]5)ccc4)ccc3c3ccccc32)c1.[Pt]. The fraction of sp³-hybridized carbons (Fsp3) is 0.0833. The summed E-state index contributed by atoms with van der Waals surface area (Å²) in [7, 11) is 0. The van der Waals surface area contributed by atoms with Gasteiger partial charge in [-0.1, -0.05) is 117 Å². The number of para-hydroxylation sites is 1. The van der Waals surface area contributed by atoms with Gasteiger partial charge in [-0.25, -0.2) is 4.98 Å². The first-order valence-electron chi connectivity index (χ1n) is 17.9. The van der Waals surface area contributed by atoms with E-state index < -0.39 is 0 Å². The van der Waals surface area contributed by atoms with Crippen molar-refractivity contribution in [1.29, 1.82) is 0 Å². The largest absolute Gasteiger partial charge is 0.509 e. The zero-order valence-electron chi connectivity index (χ0n) is 30.2. The van der Waals surface area contributed by atoms with Gasteiger partial charge >= 0.3 is 0 Å². The molecule has 0 aliphatic carbocycles. The van der Waals surface area contributed by atoms with Gasteiger partial charge in [0.1, 0.15) is 5.82 Å². The summed E-state index contributed by atoms with van der Waals surface area (Å²) < 4.78 is 8.66. The molecule has 0 fully saturated rings. The maximum atomic E-state index is 6.48. The third-order valence-corrected chi connectivity index (χ3v) is 9.75. The molecule has 8 aromatic rings. The molecule has 9 rings (SSSR count). The fourth-order valence-corrected chi connectivity index (χ4v) is 7.00. The second-order valence-electron chi connectivity index (χ2n) is 14.3. The van der Waals surface area contributed by atoms with Gasteiger partial charge in [-0.05, 0) is 69.7 Å². The van der Waals surface area contributed by atoms with Crippen LogP contribution in [0.25, 0.3) is 49.9 Å². The van der Waals surface area contributed by atoms with Crippen LogP contribution in [0.2, 0.25) is 0 Å². The minimum Gasteiger partial charge on any atom is -0.509 e. The van der Waals surface area contributed by atoms with Crippen LogP contribution in [0.1, 0.15) is 26.3 Å². The Labute approximate surface area is 331 Å². The number of benzene rings is 6. The first-order chi connectivity index (χ1) is 25.9. The Morgan fingerprint density at radius 3 is 2.13 bits per heavy atom. The van der Waals surface area contributed by atoms with Gasteiger partial charge in [0.25, 0.3) is 0 Å². The maximum Gasteiger partial charge on any atom is 0.135 e. The van der Waals surface area contributed by atoms with Gasteiger partial charge in [-0.2, -0.15) is 12.1 Å². The van der Waals surface area contributed by atoms with Crippen LogP contribution >= 0.6 is 0 Å². The van der Waals surface area contributed by atoms with E-state index in [4.69, 9.17) is 9.72 Å². The third-order valence-electron chi connectivity index (χ3n) is 9.75.